The average molecular weight is 469 g/mol. The van der Waals surface area contributed by atoms with E-state index in [0.29, 0.717) is 12.1 Å². The first kappa shape index (κ1) is 24.4. The fraction of sp³-hybridized carbons (Fsp3) is 0.280. The Kier molecular flexibility index (Phi) is 9.41. The maximum Gasteiger partial charge on any atom is 0.261 e. The minimum absolute atomic E-state index is 0.0171. The highest BCUT2D eigenvalue weighted by molar-refractivity contribution is 7.12. The molecule has 1 aliphatic rings. The summed E-state index contributed by atoms with van der Waals surface area (Å²) < 4.78 is 13.1. The van der Waals surface area contributed by atoms with Crippen LogP contribution in [0.1, 0.15) is 22.2 Å². The van der Waals surface area contributed by atoms with Gasteiger partial charge in [0.15, 0.2) is 0 Å². The van der Waals surface area contributed by atoms with Gasteiger partial charge in [0.2, 0.25) is 6.41 Å². The molecule has 0 saturated carbocycles. The van der Waals surface area contributed by atoms with Gasteiger partial charge < -0.3 is 20.9 Å². The third-order valence-corrected chi connectivity index (χ3v) is 6.01. The van der Waals surface area contributed by atoms with Crippen molar-refractivity contribution in [3.63, 3.8) is 0 Å². The van der Waals surface area contributed by atoms with Crippen molar-refractivity contribution >= 4 is 35.0 Å². The fourth-order valence-electron chi connectivity index (χ4n) is 3.59. The zero-order chi connectivity index (χ0) is 23.5. The molecule has 1 aromatic heterocycles. The van der Waals surface area contributed by atoms with Crippen LogP contribution in [-0.2, 0) is 11.2 Å². The molecule has 0 spiro atoms. The molecule has 1 saturated heterocycles. The number of rotatable bonds is 7. The number of hydrogen-bond donors (Lipinski definition) is 3. The van der Waals surface area contributed by atoms with E-state index >= 15 is 0 Å². The molecule has 0 aliphatic carbocycles. The molecule has 4 rings (SSSR count). The van der Waals surface area contributed by atoms with E-state index in [0.717, 1.165) is 43.2 Å². The van der Waals surface area contributed by atoms with Gasteiger partial charge in [-0.3, -0.25) is 9.59 Å². The van der Waals surface area contributed by atoms with Crippen LogP contribution in [0.25, 0.3) is 0 Å². The Bertz CT molecular complexity index is 1010. The highest BCUT2D eigenvalue weighted by atomic mass is 32.1. The van der Waals surface area contributed by atoms with Gasteiger partial charge in [0.1, 0.15) is 5.82 Å². The minimum Gasteiger partial charge on any atom is -0.367 e. The summed E-state index contributed by atoms with van der Waals surface area (Å²) in [5.41, 5.74) is 2.64. The molecule has 3 aromatic rings. The summed E-state index contributed by atoms with van der Waals surface area (Å²) in [5, 5.41) is 10.7. The molecule has 1 unspecified atom stereocenters. The molecule has 0 radical (unpaired) electrons. The lowest BCUT2D eigenvalue weighted by Crippen LogP contribution is -2.43. The standard InChI is InChI=1S/C14H15NOS.C11H14FN3O/c1-11(10-12-6-3-2-4-7-12)15-14(16)13-8-5-9-17-13;12-9-1-2-11(10(7-9)14-8-16)15-5-3-13-4-6-15/h2-9,11H,10H2,1H3,(H,15,16);1-2,7-8,13H,3-6H2,(H,14,16). The Morgan fingerprint density at radius 2 is 1.91 bits per heavy atom. The number of carbonyl (C=O) groups excluding carboxylic acids is 2. The highest BCUT2D eigenvalue weighted by Gasteiger charge is 2.14. The lowest BCUT2D eigenvalue weighted by Gasteiger charge is -2.30. The Hall–Kier alpha value is -3.23. The van der Waals surface area contributed by atoms with E-state index in [-0.39, 0.29) is 17.8 Å². The molecule has 3 N–H and O–H groups in total. The number of amides is 2. The average Bonchev–Trinajstić information content (AvgIpc) is 3.36. The van der Waals surface area contributed by atoms with Crippen LogP contribution >= 0.6 is 11.3 Å². The summed E-state index contributed by atoms with van der Waals surface area (Å²) in [5.74, 6) is -0.327. The highest BCUT2D eigenvalue weighted by Crippen LogP contribution is 2.26. The van der Waals surface area contributed by atoms with Crippen LogP contribution in [0.2, 0.25) is 0 Å². The van der Waals surface area contributed by atoms with E-state index in [2.05, 4.69) is 33.0 Å². The predicted molar refractivity (Wildman–Crippen MR) is 133 cm³/mol. The van der Waals surface area contributed by atoms with Gasteiger partial charge >= 0.3 is 0 Å². The monoisotopic (exact) mass is 468 g/mol. The van der Waals surface area contributed by atoms with E-state index in [4.69, 9.17) is 0 Å². The van der Waals surface area contributed by atoms with Crippen LogP contribution in [-0.4, -0.2) is 44.5 Å². The van der Waals surface area contributed by atoms with Crippen molar-refractivity contribution in [1.82, 2.24) is 10.6 Å². The number of anilines is 2. The third-order valence-electron chi connectivity index (χ3n) is 5.14. The zero-order valence-electron chi connectivity index (χ0n) is 18.6. The maximum absolute atomic E-state index is 13.1. The van der Waals surface area contributed by atoms with Crippen molar-refractivity contribution in [3.05, 3.63) is 82.3 Å². The summed E-state index contributed by atoms with van der Waals surface area (Å²) in [6.45, 7) is 5.55. The summed E-state index contributed by atoms with van der Waals surface area (Å²) in [6.07, 6.45) is 1.43. The summed E-state index contributed by atoms with van der Waals surface area (Å²) in [4.78, 5) is 25.2. The van der Waals surface area contributed by atoms with E-state index in [1.807, 2.05) is 42.6 Å². The van der Waals surface area contributed by atoms with E-state index < -0.39 is 0 Å². The molecular weight excluding hydrogens is 439 g/mol. The fourth-order valence-corrected chi connectivity index (χ4v) is 4.22. The number of halogens is 1. The topological polar surface area (TPSA) is 73.5 Å². The first-order chi connectivity index (χ1) is 16.1. The molecule has 2 heterocycles. The van der Waals surface area contributed by atoms with Gasteiger partial charge in [-0.1, -0.05) is 36.4 Å². The first-order valence-corrected chi connectivity index (χ1v) is 11.8. The van der Waals surface area contributed by atoms with Crippen molar-refractivity contribution in [2.45, 2.75) is 19.4 Å². The first-order valence-electron chi connectivity index (χ1n) is 10.9. The molecule has 6 nitrogen and oxygen atoms in total. The van der Waals surface area contributed by atoms with Crippen molar-refractivity contribution in [2.75, 3.05) is 36.4 Å². The van der Waals surface area contributed by atoms with Crippen LogP contribution in [0, 0.1) is 5.82 Å². The number of nitrogens with one attached hydrogen (secondary N) is 3. The van der Waals surface area contributed by atoms with E-state index in [1.165, 1.54) is 29.0 Å². The Balaban J connectivity index is 0.000000186. The predicted octanol–water partition coefficient (Wildman–Crippen LogP) is 3.91. The van der Waals surface area contributed by atoms with Crippen molar-refractivity contribution in [3.8, 4) is 0 Å². The van der Waals surface area contributed by atoms with Crippen LogP contribution in [0.15, 0.2) is 66.0 Å². The lowest BCUT2D eigenvalue weighted by atomic mass is 10.1. The second-order valence-electron chi connectivity index (χ2n) is 7.70. The summed E-state index contributed by atoms with van der Waals surface area (Å²) in [6, 6.07) is 18.5. The molecule has 1 fully saturated rings. The minimum atomic E-state index is -0.344. The summed E-state index contributed by atoms with van der Waals surface area (Å²) >= 11 is 1.47. The lowest BCUT2D eigenvalue weighted by molar-refractivity contribution is -0.105. The van der Waals surface area contributed by atoms with Crippen LogP contribution in [0.4, 0.5) is 15.8 Å². The Morgan fingerprint density at radius 3 is 2.58 bits per heavy atom. The number of carbonyl (C=O) groups is 2. The van der Waals surface area contributed by atoms with Crippen LogP contribution in [0.3, 0.4) is 0 Å². The molecule has 2 amide bonds. The van der Waals surface area contributed by atoms with Gasteiger partial charge in [-0.25, -0.2) is 4.39 Å². The van der Waals surface area contributed by atoms with Gasteiger partial charge in [0.25, 0.3) is 5.91 Å². The van der Waals surface area contributed by atoms with E-state index in [1.54, 1.807) is 6.07 Å². The van der Waals surface area contributed by atoms with Crippen LogP contribution < -0.4 is 20.9 Å². The molecule has 1 atom stereocenters. The zero-order valence-corrected chi connectivity index (χ0v) is 19.4. The third kappa shape index (κ3) is 7.69. The number of thiophene rings is 1. The molecule has 8 heteroatoms. The number of benzene rings is 2. The van der Waals surface area contributed by atoms with E-state index in [9.17, 15) is 14.0 Å². The Morgan fingerprint density at radius 1 is 1.15 bits per heavy atom. The summed E-state index contributed by atoms with van der Waals surface area (Å²) in [7, 11) is 0. The van der Waals surface area contributed by atoms with Crippen LogP contribution in [0.5, 0.6) is 0 Å². The molecule has 1 aliphatic heterocycles. The largest absolute Gasteiger partial charge is 0.367 e. The molecule has 2 aromatic carbocycles. The second kappa shape index (κ2) is 12.7. The quantitative estimate of drug-likeness (QED) is 0.460. The van der Waals surface area contributed by atoms with Gasteiger partial charge in [0.05, 0.1) is 16.3 Å². The smallest absolute Gasteiger partial charge is 0.261 e. The molecule has 174 valence electrons. The van der Waals surface area contributed by atoms with Gasteiger partial charge in [-0.05, 0) is 48.6 Å². The maximum atomic E-state index is 13.1. The van der Waals surface area contributed by atoms with Crippen molar-refractivity contribution in [2.24, 2.45) is 0 Å². The number of hydrogen-bond acceptors (Lipinski definition) is 5. The van der Waals surface area contributed by atoms with Gasteiger partial charge in [-0.15, -0.1) is 11.3 Å². The Labute approximate surface area is 197 Å². The van der Waals surface area contributed by atoms with Crippen molar-refractivity contribution in [1.29, 1.82) is 0 Å². The molecule has 0 bridgehead atoms. The SMILES string of the molecule is CC(Cc1ccccc1)NC(=O)c1cccs1.O=CNc1cc(F)ccc1N1CCNCC1. The van der Waals surface area contributed by atoms with Gasteiger partial charge in [0, 0.05) is 32.2 Å². The molecule has 33 heavy (non-hydrogen) atoms. The van der Waals surface area contributed by atoms with Gasteiger partial charge in [-0.2, -0.15) is 0 Å². The number of piperazine rings is 1. The van der Waals surface area contributed by atoms with Crippen molar-refractivity contribution < 1.29 is 14.0 Å². The normalized spacial score (nSPS) is 13.9. The second-order valence-corrected chi connectivity index (χ2v) is 8.65. The molecular formula is C25H29FN4O2S. The number of nitrogens with zero attached hydrogens (tertiary/aromatic N) is 1.